The largest absolute Gasteiger partial charge is 0.354 e. The SMILES string of the molecule is NCC(=O)N1CCN(C(=O)c2cccc(F)c2)C[C@H]1C(=O)N[C@H]1CCCNC1=O. The first kappa shape index (κ1) is 20.7. The van der Waals surface area contributed by atoms with Crippen molar-refractivity contribution >= 4 is 23.6 Å². The molecule has 1 aromatic rings. The number of hydrogen-bond acceptors (Lipinski definition) is 5. The quantitative estimate of drug-likeness (QED) is 0.582. The lowest BCUT2D eigenvalue weighted by atomic mass is 10.0. The summed E-state index contributed by atoms with van der Waals surface area (Å²) in [6.45, 7) is 0.524. The zero-order chi connectivity index (χ0) is 21.0. The zero-order valence-electron chi connectivity index (χ0n) is 15.9. The Morgan fingerprint density at radius 1 is 1.28 bits per heavy atom. The van der Waals surface area contributed by atoms with E-state index in [2.05, 4.69) is 10.6 Å². The van der Waals surface area contributed by atoms with Crippen LogP contribution in [0.25, 0.3) is 0 Å². The predicted octanol–water partition coefficient (Wildman–Crippen LogP) is -1.17. The van der Waals surface area contributed by atoms with E-state index in [1.165, 1.54) is 28.0 Å². The van der Waals surface area contributed by atoms with Crippen LogP contribution in [0.1, 0.15) is 23.2 Å². The van der Waals surface area contributed by atoms with Crippen LogP contribution in [0.15, 0.2) is 24.3 Å². The molecule has 156 valence electrons. The lowest BCUT2D eigenvalue weighted by Crippen LogP contribution is -2.64. The van der Waals surface area contributed by atoms with E-state index in [-0.39, 0.29) is 37.6 Å². The molecule has 0 saturated carbocycles. The molecule has 9 nitrogen and oxygen atoms in total. The van der Waals surface area contributed by atoms with Crippen molar-refractivity contribution in [3.63, 3.8) is 0 Å². The molecule has 2 saturated heterocycles. The molecule has 4 N–H and O–H groups in total. The molecule has 4 amide bonds. The summed E-state index contributed by atoms with van der Waals surface area (Å²) < 4.78 is 13.5. The number of carbonyl (C=O) groups is 4. The number of nitrogens with one attached hydrogen (secondary N) is 2. The van der Waals surface area contributed by atoms with Gasteiger partial charge in [0.2, 0.25) is 17.7 Å². The topological polar surface area (TPSA) is 125 Å². The summed E-state index contributed by atoms with van der Waals surface area (Å²) in [7, 11) is 0. The van der Waals surface area contributed by atoms with Crippen LogP contribution in [-0.4, -0.2) is 78.2 Å². The monoisotopic (exact) mass is 405 g/mol. The Morgan fingerprint density at radius 3 is 2.76 bits per heavy atom. The molecule has 1 aromatic carbocycles. The fraction of sp³-hybridized carbons (Fsp3) is 0.474. The Hall–Kier alpha value is -3.01. The number of rotatable bonds is 4. The minimum Gasteiger partial charge on any atom is -0.354 e. The van der Waals surface area contributed by atoms with Crippen LogP contribution in [-0.2, 0) is 14.4 Å². The molecular weight excluding hydrogens is 381 g/mol. The second-order valence-electron chi connectivity index (χ2n) is 7.06. The molecule has 0 aromatic heterocycles. The summed E-state index contributed by atoms with van der Waals surface area (Å²) in [6, 6.07) is 3.63. The third-order valence-corrected chi connectivity index (χ3v) is 5.14. The van der Waals surface area contributed by atoms with Crippen molar-refractivity contribution in [2.24, 2.45) is 5.73 Å². The van der Waals surface area contributed by atoms with Crippen LogP contribution in [0.5, 0.6) is 0 Å². The van der Waals surface area contributed by atoms with E-state index in [1.54, 1.807) is 0 Å². The fourth-order valence-electron chi connectivity index (χ4n) is 3.59. The van der Waals surface area contributed by atoms with Crippen LogP contribution in [0.3, 0.4) is 0 Å². The number of hydrogen-bond donors (Lipinski definition) is 3. The average molecular weight is 405 g/mol. The van der Waals surface area contributed by atoms with Gasteiger partial charge in [-0.1, -0.05) is 6.07 Å². The Balaban J connectivity index is 1.76. The highest BCUT2D eigenvalue weighted by atomic mass is 19.1. The van der Waals surface area contributed by atoms with Crippen molar-refractivity contribution in [1.29, 1.82) is 0 Å². The number of halogens is 1. The molecule has 0 radical (unpaired) electrons. The van der Waals surface area contributed by atoms with Crippen LogP contribution in [0.2, 0.25) is 0 Å². The minimum atomic E-state index is -0.980. The van der Waals surface area contributed by atoms with E-state index >= 15 is 0 Å². The standard InChI is InChI=1S/C19H24FN5O4/c20-13-4-1-3-12(9-13)19(29)24-7-8-25(16(26)10-21)15(11-24)18(28)23-14-5-2-6-22-17(14)27/h1,3-4,9,14-15H,2,5-8,10-11,21H2,(H,22,27)(H,23,28)/t14-,15-/m0/s1. The van der Waals surface area contributed by atoms with Gasteiger partial charge in [0.15, 0.2) is 0 Å². The Labute approximate surface area is 167 Å². The Kier molecular flexibility index (Phi) is 6.42. The number of piperidine rings is 1. The van der Waals surface area contributed by atoms with Gasteiger partial charge in [-0.05, 0) is 31.0 Å². The lowest BCUT2D eigenvalue weighted by molar-refractivity contribution is -0.143. The molecule has 0 aliphatic carbocycles. The van der Waals surface area contributed by atoms with Gasteiger partial charge in [-0.3, -0.25) is 19.2 Å². The number of nitrogens with zero attached hydrogens (tertiary/aromatic N) is 2. The van der Waals surface area contributed by atoms with Gasteiger partial charge in [-0.15, -0.1) is 0 Å². The van der Waals surface area contributed by atoms with Crippen LogP contribution in [0.4, 0.5) is 4.39 Å². The summed E-state index contributed by atoms with van der Waals surface area (Å²) in [5.41, 5.74) is 5.63. The fourth-order valence-corrected chi connectivity index (χ4v) is 3.59. The molecular formula is C19H24FN5O4. The average Bonchev–Trinajstić information content (AvgIpc) is 2.73. The smallest absolute Gasteiger partial charge is 0.254 e. The van der Waals surface area contributed by atoms with Gasteiger partial charge in [0.05, 0.1) is 13.1 Å². The van der Waals surface area contributed by atoms with Gasteiger partial charge in [0.25, 0.3) is 5.91 Å². The first-order valence-electron chi connectivity index (χ1n) is 9.53. The predicted molar refractivity (Wildman–Crippen MR) is 101 cm³/mol. The van der Waals surface area contributed by atoms with Crippen molar-refractivity contribution in [1.82, 2.24) is 20.4 Å². The third kappa shape index (κ3) is 4.70. The Bertz CT molecular complexity index is 818. The second kappa shape index (κ2) is 8.99. The minimum absolute atomic E-state index is 0.0682. The van der Waals surface area contributed by atoms with Gasteiger partial charge >= 0.3 is 0 Å². The summed E-state index contributed by atoms with van der Waals surface area (Å²) >= 11 is 0. The van der Waals surface area contributed by atoms with Gasteiger partial charge in [-0.25, -0.2) is 4.39 Å². The molecule has 0 spiro atoms. The molecule has 2 aliphatic heterocycles. The van der Waals surface area contributed by atoms with Crippen LogP contribution >= 0.6 is 0 Å². The van der Waals surface area contributed by atoms with Crippen molar-refractivity contribution in [3.05, 3.63) is 35.6 Å². The van der Waals surface area contributed by atoms with Crippen molar-refractivity contribution in [3.8, 4) is 0 Å². The van der Waals surface area contributed by atoms with Gasteiger partial charge in [0, 0.05) is 25.2 Å². The molecule has 3 rings (SSSR count). The molecule has 2 atom stereocenters. The number of nitrogens with two attached hydrogens (primary N) is 1. The number of carbonyl (C=O) groups excluding carboxylic acids is 4. The molecule has 0 unspecified atom stereocenters. The molecule has 2 aliphatic rings. The Morgan fingerprint density at radius 2 is 2.07 bits per heavy atom. The van der Waals surface area contributed by atoms with Crippen molar-refractivity contribution in [2.45, 2.75) is 24.9 Å². The van der Waals surface area contributed by atoms with E-state index in [9.17, 15) is 23.6 Å². The van der Waals surface area contributed by atoms with E-state index in [1.807, 2.05) is 0 Å². The highest BCUT2D eigenvalue weighted by Crippen LogP contribution is 2.16. The highest BCUT2D eigenvalue weighted by molar-refractivity contribution is 5.96. The second-order valence-corrected chi connectivity index (χ2v) is 7.06. The highest BCUT2D eigenvalue weighted by Gasteiger charge is 2.38. The number of amides is 4. The molecule has 2 fully saturated rings. The zero-order valence-corrected chi connectivity index (χ0v) is 15.9. The maximum atomic E-state index is 13.5. The summed E-state index contributed by atoms with van der Waals surface area (Å²) in [5.74, 6) is -2.19. The molecule has 10 heteroatoms. The van der Waals surface area contributed by atoms with Crippen molar-refractivity contribution in [2.75, 3.05) is 32.7 Å². The van der Waals surface area contributed by atoms with Gasteiger partial charge in [-0.2, -0.15) is 0 Å². The molecule has 29 heavy (non-hydrogen) atoms. The summed E-state index contributed by atoms with van der Waals surface area (Å²) in [6.07, 6.45) is 1.23. The molecule has 2 heterocycles. The summed E-state index contributed by atoms with van der Waals surface area (Å²) in [4.78, 5) is 52.5. The van der Waals surface area contributed by atoms with Crippen LogP contribution < -0.4 is 16.4 Å². The van der Waals surface area contributed by atoms with Crippen LogP contribution in [0, 0.1) is 5.82 Å². The van der Waals surface area contributed by atoms with E-state index in [0.717, 1.165) is 12.5 Å². The van der Waals surface area contributed by atoms with E-state index in [4.69, 9.17) is 5.73 Å². The first-order chi connectivity index (χ1) is 13.9. The van der Waals surface area contributed by atoms with Gasteiger partial charge in [0.1, 0.15) is 17.9 Å². The maximum Gasteiger partial charge on any atom is 0.254 e. The molecule has 0 bridgehead atoms. The first-order valence-corrected chi connectivity index (χ1v) is 9.53. The van der Waals surface area contributed by atoms with Gasteiger partial charge < -0.3 is 26.2 Å². The third-order valence-electron chi connectivity index (χ3n) is 5.14. The van der Waals surface area contributed by atoms with Crippen molar-refractivity contribution < 1.29 is 23.6 Å². The van der Waals surface area contributed by atoms with E-state index < -0.39 is 35.6 Å². The maximum absolute atomic E-state index is 13.5. The summed E-state index contributed by atoms with van der Waals surface area (Å²) in [5, 5.41) is 5.36. The lowest BCUT2D eigenvalue weighted by Gasteiger charge is -2.41. The van der Waals surface area contributed by atoms with E-state index in [0.29, 0.717) is 13.0 Å². The normalized spacial score (nSPS) is 22.1. The number of piperazine rings is 1. The number of benzene rings is 1.